The van der Waals surface area contributed by atoms with Crippen LogP contribution in [0.15, 0.2) is 53.2 Å². The molecule has 0 unspecified atom stereocenters. The Morgan fingerprint density at radius 1 is 1.12 bits per heavy atom. The lowest BCUT2D eigenvalue weighted by Gasteiger charge is -2.04. The SMILES string of the molecule is COc1ccc(C(=O)NCCc2nnc(-c3ccncc3)o2)cc1. The van der Waals surface area contributed by atoms with Crippen LogP contribution in [0.2, 0.25) is 0 Å². The van der Waals surface area contributed by atoms with Crippen LogP contribution in [-0.2, 0) is 6.42 Å². The second-order valence-electron chi connectivity index (χ2n) is 4.97. The molecule has 1 N–H and O–H groups in total. The summed E-state index contributed by atoms with van der Waals surface area (Å²) in [5.41, 5.74) is 1.38. The molecular formula is C17H16N4O3. The summed E-state index contributed by atoms with van der Waals surface area (Å²) in [6, 6.07) is 10.5. The first kappa shape index (κ1) is 15.7. The van der Waals surface area contributed by atoms with Crippen molar-refractivity contribution in [3.63, 3.8) is 0 Å². The van der Waals surface area contributed by atoms with Gasteiger partial charge in [0, 0.05) is 36.5 Å². The highest BCUT2D eigenvalue weighted by Gasteiger charge is 2.09. The van der Waals surface area contributed by atoms with Gasteiger partial charge in [-0.3, -0.25) is 9.78 Å². The fourth-order valence-electron chi connectivity index (χ4n) is 2.09. The van der Waals surface area contributed by atoms with E-state index in [0.29, 0.717) is 36.1 Å². The average Bonchev–Trinajstić information content (AvgIpc) is 3.11. The number of rotatable bonds is 6. The van der Waals surface area contributed by atoms with E-state index in [2.05, 4.69) is 20.5 Å². The number of aromatic nitrogens is 3. The molecule has 2 aromatic heterocycles. The van der Waals surface area contributed by atoms with Gasteiger partial charge >= 0.3 is 0 Å². The normalized spacial score (nSPS) is 10.4. The minimum atomic E-state index is -0.161. The summed E-state index contributed by atoms with van der Waals surface area (Å²) in [5.74, 6) is 1.46. The molecule has 0 aliphatic heterocycles. The van der Waals surface area contributed by atoms with Gasteiger partial charge in [-0.1, -0.05) is 0 Å². The number of methoxy groups -OCH3 is 1. The average molecular weight is 324 g/mol. The predicted molar refractivity (Wildman–Crippen MR) is 86.6 cm³/mol. The number of hydrogen-bond acceptors (Lipinski definition) is 6. The number of carbonyl (C=O) groups is 1. The van der Waals surface area contributed by atoms with Gasteiger partial charge in [0.2, 0.25) is 11.8 Å². The molecule has 24 heavy (non-hydrogen) atoms. The lowest BCUT2D eigenvalue weighted by molar-refractivity contribution is 0.0953. The number of benzene rings is 1. The Bertz CT molecular complexity index is 800. The minimum Gasteiger partial charge on any atom is -0.497 e. The van der Waals surface area contributed by atoms with Crippen LogP contribution in [0.1, 0.15) is 16.2 Å². The third-order valence-corrected chi connectivity index (χ3v) is 3.37. The molecule has 0 radical (unpaired) electrons. The van der Waals surface area contributed by atoms with Crippen LogP contribution in [0.5, 0.6) is 5.75 Å². The maximum Gasteiger partial charge on any atom is 0.251 e. The van der Waals surface area contributed by atoms with E-state index in [4.69, 9.17) is 9.15 Å². The predicted octanol–water partition coefficient (Wildman–Crippen LogP) is 2.11. The molecule has 7 nitrogen and oxygen atoms in total. The topological polar surface area (TPSA) is 90.1 Å². The summed E-state index contributed by atoms with van der Waals surface area (Å²) >= 11 is 0. The largest absolute Gasteiger partial charge is 0.497 e. The number of ether oxygens (including phenoxy) is 1. The lowest BCUT2D eigenvalue weighted by Crippen LogP contribution is -2.25. The van der Waals surface area contributed by atoms with E-state index in [9.17, 15) is 4.79 Å². The Labute approximate surface area is 138 Å². The first-order valence-electron chi connectivity index (χ1n) is 7.41. The van der Waals surface area contributed by atoms with Crippen LogP contribution < -0.4 is 10.1 Å². The number of hydrogen-bond donors (Lipinski definition) is 1. The van der Waals surface area contributed by atoms with Crippen LogP contribution >= 0.6 is 0 Å². The van der Waals surface area contributed by atoms with Crippen molar-refractivity contribution >= 4 is 5.91 Å². The molecule has 1 amide bonds. The number of amides is 1. The summed E-state index contributed by atoms with van der Waals surface area (Å²) in [5, 5.41) is 10.8. The van der Waals surface area contributed by atoms with Crippen molar-refractivity contribution in [3.05, 3.63) is 60.2 Å². The Kier molecular flexibility index (Phi) is 4.81. The van der Waals surface area contributed by atoms with Gasteiger partial charge in [-0.25, -0.2) is 0 Å². The number of nitrogens with zero attached hydrogens (tertiary/aromatic N) is 3. The van der Waals surface area contributed by atoms with Gasteiger partial charge in [0.25, 0.3) is 5.91 Å². The summed E-state index contributed by atoms with van der Waals surface area (Å²) in [6.07, 6.45) is 3.78. The monoisotopic (exact) mass is 324 g/mol. The van der Waals surface area contributed by atoms with Gasteiger partial charge in [-0.15, -0.1) is 10.2 Å². The van der Waals surface area contributed by atoms with Crippen molar-refractivity contribution in [3.8, 4) is 17.2 Å². The Hall–Kier alpha value is -3.22. The maximum atomic E-state index is 12.0. The van der Waals surface area contributed by atoms with Crippen molar-refractivity contribution in [2.24, 2.45) is 0 Å². The highest BCUT2D eigenvalue weighted by atomic mass is 16.5. The van der Waals surface area contributed by atoms with E-state index >= 15 is 0 Å². The molecule has 0 aliphatic rings. The van der Waals surface area contributed by atoms with Crippen LogP contribution in [-0.4, -0.2) is 34.7 Å². The molecule has 0 atom stereocenters. The molecule has 0 saturated carbocycles. The Morgan fingerprint density at radius 2 is 1.88 bits per heavy atom. The molecule has 0 aliphatic carbocycles. The fraction of sp³-hybridized carbons (Fsp3) is 0.176. The van der Waals surface area contributed by atoms with E-state index in [1.807, 2.05) is 0 Å². The Balaban J connectivity index is 1.53. The third kappa shape index (κ3) is 3.75. The summed E-state index contributed by atoms with van der Waals surface area (Å²) in [6.45, 7) is 0.406. The summed E-state index contributed by atoms with van der Waals surface area (Å²) in [4.78, 5) is 16.0. The van der Waals surface area contributed by atoms with E-state index in [-0.39, 0.29) is 5.91 Å². The molecule has 2 heterocycles. The van der Waals surface area contributed by atoms with E-state index in [0.717, 1.165) is 5.56 Å². The second kappa shape index (κ2) is 7.36. The number of nitrogens with one attached hydrogen (secondary N) is 1. The molecule has 3 rings (SSSR count). The molecule has 1 aromatic carbocycles. The van der Waals surface area contributed by atoms with Crippen molar-refractivity contribution in [2.75, 3.05) is 13.7 Å². The molecule has 0 saturated heterocycles. The highest BCUT2D eigenvalue weighted by Crippen LogP contribution is 2.16. The summed E-state index contributed by atoms with van der Waals surface area (Å²) < 4.78 is 10.6. The number of carbonyl (C=O) groups excluding carboxylic acids is 1. The molecule has 0 bridgehead atoms. The van der Waals surface area contributed by atoms with Crippen LogP contribution in [0.25, 0.3) is 11.5 Å². The van der Waals surface area contributed by atoms with E-state index in [1.165, 1.54) is 0 Å². The van der Waals surface area contributed by atoms with E-state index < -0.39 is 0 Å². The molecule has 3 aromatic rings. The molecular weight excluding hydrogens is 308 g/mol. The van der Waals surface area contributed by atoms with Gasteiger partial charge in [0.05, 0.1) is 7.11 Å². The van der Waals surface area contributed by atoms with E-state index in [1.54, 1.807) is 55.9 Å². The quantitative estimate of drug-likeness (QED) is 0.747. The second-order valence-corrected chi connectivity index (χ2v) is 4.97. The maximum absolute atomic E-state index is 12.0. The van der Waals surface area contributed by atoms with Crippen LogP contribution in [0, 0.1) is 0 Å². The van der Waals surface area contributed by atoms with Crippen molar-refractivity contribution in [2.45, 2.75) is 6.42 Å². The summed E-state index contributed by atoms with van der Waals surface area (Å²) in [7, 11) is 1.58. The van der Waals surface area contributed by atoms with Crippen LogP contribution in [0.3, 0.4) is 0 Å². The van der Waals surface area contributed by atoms with Crippen molar-refractivity contribution in [1.82, 2.24) is 20.5 Å². The van der Waals surface area contributed by atoms with Gasteiger partial charge in [0.1, 0.15) is 5.75 Å². The third-order valence-electron chi connectivity index (χ3n) is 3.37. The smallest absolute Gasteiger partial charge is 0.251 e. The van der Waals surface area contributed by atoms with Gasteiger partial charge in [0.15, 0.2) is 0 Å². The zero-order chi connectivity index (χ0) is 16.8. The first-order valence-corrected chi connectivity index (χ1v) is 7.41. The zero-order valence-electron chi connectivity index (χ0n) is 13.1. The molecule has 0 fully saturated rings. The fourth-order valence-corrected chi connectivity index (χ4v) is 2.09. The van der Waals surface area contributed by atoms with Crippen molar-refractivity contribution in [1.29, 1.82) is 0 Å². The Morgan fingerprint density at radius 3 is 2.58 bits per heavy atom. The highest BCUT2D eigenvalue weighted by molar-refractivity contribution is 5.94. The van der Waals surface area contributed by atoms with Gasteiger partial charge in [-0.2, -0.15) is 0 Å². The van der Waals surface area contributed by atoms with Crippen LogP contribution in [0.4, 0.5) is 0 Å². The molecule has 7 heteroatoms. The van der Waals surface area contributed by atoms with Gasteiger partial charge in [-0.05, 0) is 36.4 Å². The molecule has 122 valence electrons. The van der Waals surface area contributed by atoms with Crippen molar-refractivity contribution < 1.29 is 13.9 Å². The molecule has 0 spiro atoms. The minimum absolute atomic E-state index is 0.161. The zero-order valence-corrected chi connectivity index (χ0v) is 13.1. The standard InChI is InChI=1S/C17H16N4O3/c1-23-14-4-2-12(3-5-14)16(22)19-11-8-15-20-21-17(24-15)13-6-9-18-10-7-13/h2-7,9-10H,8,11H2,1H3,(H,19,22). The van der Waals surface area contributed by atoms with Gasteiger partial charge < -0.3 is 14.5 Å². The first-order chi connectivity index (χ1) is 11.8. The number of pyridine rings is 1. The lowest BCUT2D eigenvalue weighted by atomic mass is 10.2.